The summed E-state index contributed by atoms with van der Waals surface area (Å²) in [6.07, 6.45) is -2.57. The molecule has 0 aliphatic carbocycles. The van der Waals surface area contributed by atoms with Gasteiger partial charge in [0.1, 0.15) is 0 Å². The molecule has 0 amide bonds. The van der Waals surface area contributed by atoms with E-state index in [2.05, 4.69) is 10.3 Å². The summed E-state index contributed by atoms with van der Waals surface area (Å²) < 4.78 is 44.4. The van der Waals surface area contributed by atoms with Gasteiger partial charge in [0, 0.05) is 25.5 Å². The zero-order chi connectivity index (χ0) is 15.5. The van der Waals surface area contributed by atoms with Crippen molar-refractivity contribution in [2.75, 3.05) is 25.6 Å². The van der Waals surface area contributed by atoms with E-state index in [1.54, 1.807) is 17.9 Å². The minimum atomic E-state index is -4.33. The number of anilines is 1. The van der Waals surface area contributed by atoms with Crippen LogP contribution in [0.3, 0.4) is 0 Å². The summed E-state index contributed by atoms with van der Waals surface area (Å²) in [5, 5.41) is 3.08. The highest BCUT2D eigenvalue weighted by Crippen LogP contribution is 2.30. The van der Waals surface area contributed by atoms with Crippen molar-refractivity contribution in [3.05, 3.63) is 41.7 Å². The van der Waals surface area contributed by atoms with Crippen molar-refractivity contribution in [3.8, 4) is 5.69 Å². The number of imidazole rings is 1. The summed E-state index contributed by atoms with van der Waals surface area (Å²) >= 11 is 0. The van der Waals surface area contributed by atoms with Crippen LogP contribution in [0.5, 0.6) is 0 Å². The molecule has 0 aliphatic heterocycles. The highest BCUT2D eigenvalue weighted by Gasteiger charge is 2.30. The molecule has 0 saturated heterocycles. The Morgan fingerprint density at radius 3 is 2.48 bits per heavy atom. The number of alkyl halides is 3. The SMILES string of the molecule is COCCNc1nc(C)cn1-c1ccc(C(F)(F)F)cc1. The van der Waals surface area contributed by atoms with E-state index in [0.717, 1.165) is 17.8 Å². The first-order chi connectivity index (χ1) is 9.91. The summed E-state index contributed by atoms with van der Waals surface area (Å²) in [6.45, 7) is 2.90. The molecular weight excluding hydrogens is 283 g/mol. The molecule has 0 radical (unpaired) electrons. The van der Waals surface area contributed by atoms with Crippen LogP contribution in [0, 0.1) is 6.92 Å². The predicted octanol–water partition coefficient (Wildman–Crippen LogP) is 3.26. The molecule has 4 nitrogen and oxygen atoms in total. The maximum absolute atomic E-state index is 12.6. The first-order valence-electron chi connectivity index (χ1n) is 6.38. The zero-order valence-corrected chi connectivity index (χ0v) is 11.7. The lowest BCUT2D eigenvalue weighted by molar-refractivity contribution is -0.137. The van der Waals surface area contributed by atoms with E-state index in [1.807, 2.05) is 6.92 Å². The summed E-state index contributed by atoms with van der Waals surface area (Å²) in [5.41, 5.74) is 0.718. The van der Waals surface area contributed by atoms with Gasteiger partial charge < -0.3 is 10.1 Å². The maximum atomic E-state index is 12.6. The molecule has 2 rings (SSSR count). The minimum Gasteiger partial charge on any atom is -0.383 e. The van der Waals surface area contributed by atoms with Crippen molar-refractivity contribution in [3.63, 3.8) is 0 Å². The fraction of sp³-hybridized carbons (Fsp3) is 0.357. The van der Waals surface area contributed by atoms with Crippen LogP contribution < -0.4 is 5.32 Å². The number of aryl methyl sites for hydroxylation is 1. The van der Waals surface area contributed by atoms with Gasteiger partial charge in [0.2, 0.25) is 5.95 Å². The molecule has 1 heterocycles. The van der Waals surface area contributed by atoms with Gasteiger partial charge in [-0.2, -0.15) is 13.2 Å². The first-order valence-corrected chi connectivity index (χ1v) is 6.38. The van der Waals surface area contributed by atoms with E-state index < -0.39 is 11.7 Å². The zero-order valence-electron chi connectivity index (χ0n) is 11.7. The minimum absolute atomic E-state index is 0.513. The second-order valence-electron chi connectivity index (χ2n) is 4.54. The van der Waals surface area contributed by atoms with Gasteiger partial charge in [-0.25, -0.2) is 4.98 Å². The smallest absolute Gasteiger partial charge is 0.383 e. The van der Waals surface area contributed by atoms with E-state index in [0.29, 0.717) is 24.8 Å². The number of benzene rings is 1. The van der Waals surface area contributed by atoms with Crippen molar-refractivity contribution in [2.45, 2.75) is 13.1 Å². The molecule has 0 spiro atoms. The molecule has 0 aliphatic rings. The molecule has 1 aromatic carbocycles. The summed E-state index contributed by atoms with van der Waals surface area (Å²) in [5.74, 6) is 0.573. The van der Waals surface area contributed by atoms with Crippen LogP contribution in [-0.4, -0.2) is 29.8 Å². The van der Waals surface area contributed by atoms with Crippen LogP contribution in [-0.2, 0) is 10.9 Å². The van der Waals surface area contributed by atoms with Crippen LogP contribution in [0.15, 0.2) is 30.5 Å². The molecule has 21 heavy (non-hydrogen) atoms. The number of hydrogen-bond acceptors (Lipinski definition) is 3. The number of nitrogens with zero attached hydrogens (tertiary/aromatic N) is 2. The molecule has 114 valence electrons. The number of hydrogen-bond donors (Lipinski definition) is 1. The van der Waals surface area contributed by atoms with Crippen LogP contribution in [0.1, 0.15) is 11.3 Å². The molecule has 7 heteroatoms. The standard InChI is InChI=1S/C14H16F3N3O/c1-10-9-20(13(19-10)18-7-8-21-2)12-5-3-11(4-6-12)14(15,16)17/h3-6,9H,7-8H2,1-2H3,(H,18,19). The lowest BCUT2D eigenvalue weighted by atomic mass is 10.2. The molecule has 0 saturated carbocycles. The number of rotatable bonds is 5. The molecule has 0 fully saturated rings. The molecule has 1 aromatic heterocycles. The number of nitrogens with one attached hydrogen (secondary N) is 1. The molecule has 1 N–H and O–H groups in total. The van der Waals surface area contributed by atoms with Gasteiger partial charge in [-0.05, 0) is 31.2 Å². The lowest BCUT2D eigenvalue weighted by Gasteiger charge is -2.11. The Balaban J connectivity index is 2.25. The summed E-state index contributed by atoms with van der Waals surface area (Å²) in [6, 6.07) is 4.96. The number of methoxy groups -OCH3 is 1. The van der Waals surface area contributed by atoms with E-state index >= 15 is 0 Å². The summed E-state index contributed by atoms with van der Waals surface area (Å²) in [4.78, 5) is 4.30. The Morgan fingerprint density at radius 2 is 1.90 bits per heavy atom. The quantitative estimate of drug-likeness (QED) is 0.861. The van der Waals surface area contributed by atoms with Crippen molar-refractivity contribution in [1.82, 2.24) is 9.55 Å². The van der Waals surface area contributed by atoms with Crippen LogP contribution >= 0.6 is 0 Å². The van der Waals surface area contributed by atoms with Gasteiger partial charge in [-0.15, -0.1) is 0 Å². The highest BCUT2D eigenvalue weighted by atomic mass is 19.4. The van der Waals surface area contributed by atoms with E-state index in [1.165, 1.54) is 12.1 Å². The average molecular weight is 299 g/mol. The fourth-order valence-electron chi connectivity index (χ4n) is 1.90. The number of aromatic nitrogens is 2. The van der Waals surface area contributed by atoms with E-state index in [4.69, 9.17) is 4.74 Å². The van der Waals surface area contributed by atoms with Crippen LogP contribution in [0.4, 0.5) is 19.1 Å². The van der Waals surface area contributed by atoms with Crippen molar-refractivity contribution in [2.24, 2.45) is 0 Å². The van der Waals surface area contributed by atoms with Gasteiger partial charge in [0.05, 0.1) is 17.9 Å². The Bertz CT molecular complexity index is 591. The molecular formula is C14H16F3N3O. The van der Waals surface area contributed by atoms with Crippen molar-refractivity contribution < 1.29 is 17.9 Å². The molecule has 0 bridgehead atoms. The Labute approximate surface area is 120 Å². The van der Waals surface area contributed by atoms with Gasteiger partial charge in [-0.3, -0.25) is 4.57 Å². The van der Waals surface area contributed by atoms with Crippen molar-refractivity contribution >= 4 is 5.95 Å². The normalized spacial score (nSPS) is 11.7. The largest absolute Gasteiger partial charge is 0.416 e. The third kappa shape index (κ3) is 3.75. The monoisotopic (exact) mass is 299 g/mol. The number of ether oxygens (including phenoxy) is 1. The second kappa shape index (κ2) is 6.17. The van der Waals surface area contributed by atoms with Gasteiger partial charge in [0.15, 0.2) is 0 Å². The molecule has 0 unspecified atom stereocenters. The lowest BCUT2D eigenvalue weighted by Crippen LogP contribution is -2.12. The Hall–Kier alpha value is -2.02. The van der Waals surface area contributed by atoms with Crippen LogP contribution in [0.2, 0.25) is 0 Å². The Morgan fingerprint density at radius 1 is 1.24 bits per heavy atom. The average Bonchev–Trinajstić information content (AvgIpc) is 2.79. The third-order valence-corrected chi connectivity index (χ3v) is 2.89. The first kappa shape index (κ1) is 15.4. The second-order valence-corrected chi connectivity index (χ2v) is 4.54. The van der Waals surface area contributed by atoms with E-state index in [9.17, 15) is 13.2 Å². The van der Waals surface area contributed by atoms with Gasteiger partial charge >= 0.3 is 6.18 Å². The van der Waals surface area contributed by atoms with Gasteiger partial charge in [-0.1, -0.05) is 0 Å². The topological polar surface area (TPSA) is 39.1 Å². The van der Waals surface area contributed by atoms with Crippen molar-refractivity contribution in [1.29, 1.82) is 0 Å². The number of halogens is 3. The fourth-order valence-corrected chi connectivity index (χ4v) is 1.90. The van der Waals surface area contributed by atoms with E-state index in [-0.39, 0.29) is 0 Å². The maximum Gasteiger partial charge on any atom is 0.416 e. The molecule has 2 aromatic rings. The predicted molar refractivity (Wildman–Crippen MR) is 73.7 cm³/mol. The van der Waals surface area contributed by atoms with Gasteiger partial charge in [0.25, 0.3) is 0 Å². The molecule has 0 atom stereocenters. The Kier molecular flexibility index (Phi) is 4.52. The summed E-state index contributed by atoms with van der Waals surface area (Å²) in [7, 11) is 1.59. The van der Waals surface area contributed by atoms with Crippen LogP contribution in [0.25, 0.3) is 5.69 Å². The highest BCUT2D eigenvalue weighted by molar-refractivity contribution is 5.44. The third-order valence-electron chi connectivity index (χ3n) is 2.89.